The molecule has 178 valence electrons. The van der Waals surface area contributed by atoms with Gasteiger partial charge in [0.2, 0.25) is 11.9 Å². The van der Waals surface area contributed by atoms with Crippen molar-refractivity contribution in [2.24, 2.45) is 0 Å². The molecule has 1 aliphatic rings. The van der Waals surface area contributed by atoms with Gasteiger partial charge in [0, 0.05) is 32.0 Å². The van der Waals surface area contributed by atoms with Gasteiger partial charge in [-0.1, -0.05) is 26.0 Å². The van der Waals surface area contributed by atoms with E-state index >= 15 is 0 Å². The molecule has 34 heavy (non-hydrogen) atoms. The van der Waals surface area contributed by atoms with Crippen LogP contribution in [-0.4, -0.2) is 64.2 Å². The Bertz CT molecular complexity index is 1360. The highest BCUT2D eigenvalue weighted by molar-refractivity contribution is 5.83. The molecule has 1 fully saturated rings. The third kappa shape index (κ3) is 3.81. The van der Waals surface area contributed by atoms with Gasteiger partial charge >= 0.3 is 0 Å². The summed E-state index contributed by atoms with van der Waals surface area (Å²) in [6.07, 6.45) is 1.89. The number of rotatable bonds is 6. The number of nitrogens with two attached hydrogens (primary N) is 2. The van der Waals surface area contributed by atoms with Crippen molar-refractivity contribution in [1.82, 2.24) is 34.0 Å². The zero-order valence-corrected chi connectivity index (χ0v) is 19.3. The molecule has 2 atom stereocenters. The number of aromatic nitrogens is 6. The van der Waals surface area contributed by atoms with Gasteiger partial charge < -0.3 is 30.6 Å². The van der Waals surface area contributed by atoms with Gasteiger partial charge in [0.05, 0.1) is 29.5 Å². The smallest absolute Gasteiger partial charge is 0.224 e. The van der Waals surface area contributed by atoms with Crippen molar-refractivity contribution >= 4 is 39.9 Å². The number of aliphatic hydroxyl groups excluding tert-OH is 1. The molecular formula is C23H29N9O2. The number of nitrogen functional groups attached to an aromatic ring is 2. The molecule has 5 rings (SSSR count). The highest BCUT2D eigenvalue weighted by Crippen LogP contribution is 2.28. The van der Waals surface area contributed by atoms with Crippen LogP contribution >= 0.6 is 0 Å². The number of nitrogens with zero attached hydrogens (tertiary/aromatic N) is 7. The maximum atomic E-state index is 13.0. The number of aryl methyl sites for hydroxylation is 1. The zero-order valence-electron chi connectivity index (χ0n) is 19.3. The van der Waals surface area contributed by atoms with Crippen molar-refractivity contribution in [2.45, 2.75) is 51.3 Å². The third-order valence-corrected chi connectivity index (χ3v) is 6.41. The highest BCUT2D eigenvalue weighted by atomic mass is 16.3. The second-order valence-corrected chi connectivity index (χ2v) is 9.09. The van der Waals surface area contributed by atoms with Crippen molar-refractivity contribution in [3.05, 3.63) is 36.4 Å². The van der Waals surface area contributed by atoms with E-state index in [-0.39, 0.29) is 36.2 Å². The van der Waals surface area contributed by atoms with E-state index in [0.717, 1.165) is 16.9 Å². The lowest BCUT2D eigenvalue weighted by molar-refractivity contribution is -0.130. The van der Waals surface area contributed by atoms with E-state index < -0.39 is 6.10 Å². The summed E-state index contributed by atoms with van der Waals surface area (Å²) in [5.41, 5.74) is 14.6. The quantitative estimate of drug-likeness (QED) is 0.390. The monoisotopic (exact) mass is 463 g/mol. The first-order chi connectivity index (χ1) is 16.3. The van der Waals surface area contributed by atoms with Crippen molar-refractivity contribution in [2.75, 3.05) is 24.6 Å². The predicted molar refractivity (Wildman–Crippen MR) is 129 cm³/mol. The minimum absolute atomic E-state index is 0.00939. The minimum atomic E-state index is -0.746. The number of benzene rings is 1. The molecule has 11 nitrogen and oxygen atoms in total. The van der Waals surface area contributed by atoms with Crippen molar-refractivity contribution in [3.8, 4) is 0 Å². The van der Waals surface area contributed by atoms with E-state index in [1.54, 1.807) is 15.8 Å². The summed E-state index contributed by atoms with van der Waals surface area (Å²) in [5, 5.41) is 10.7. The van der Waals surface area contributed by atoms with Crippen LogP contribution in [0.15, 0.2) is 30.6 Å². The van der Waals surface area contributed by atoms with Gasteiger partial charge in [-0.25, -0.2) is 9.97 Å². The van der Waals surface area contributed by atoms with E-state index in [4.69, 9.17) is 16.5 Å². The van der Waals surface area contributed by atoms with Crippen LogP contribution in [0, 0.1) is 0 Å². The number of β-amino-alcohol motifs (C(OH)–C–C–N with tert-alkyl or cyclic N) is 1. The average Bonchev–Trinajstić information content (AvgIpc) is 3.49. The molecule has 3 aromatic heterocycles. The van der Waals surface area contributed by atoms with Crippen LogP contribution in [0.5, 0.6) is 0 Å². The van der Waals surface area contributed by atoms with Gasteiger partial charge in [-0.3, -0.25) is 4.79 Å². The Hall–Kier alpha value is -3.73. The number of carbonyl (C=O) groups is 1. The molecule has 4 aromatic rings. The van der Waals surface area contributed by atoms with E-state index in [1.165, 1.54) is 0 Å². The second-order valence-electron chi connectivity index (χ2n) is 9.09. The number of hydrogen-bond acceptors (Lipinski definition) is 8. The number of likely N-dealkylation sites (tertiary alicyclic amines) is 1. The summed E-state index contributed by atoms with van der Waals surface area (Å²) in [5.74, 6) is 1.55. The molecule has 0 saturated carbocycles. The SMILES string of the molecule is CC(C)c1nc2ccccc2n1CCCC(=O)N1C[C@H](O)[C@@H](n2cnc3c(N)nc(N)nc32)C1. The molecule has 0 unspecified atom stereocenters. The Balaban J connectivity index is 1.27. The lowest BCUT2D eigenvalue weighted by Crippen LogP contribution is -2.29. The molecule has 0 aliphatic carbocycles. The van der Waals surface area contributed by atoms with Gasteiger partial charge in [0.15, 0.2) is 11.5 Å². The second kappa shape index (κ2) is 8.56. The number of amides is 1. The Kier molecular flexibility index (Phi) is 5.56. The molecule has 11 heteroatoms. The highest BCUT2D eigenvalue weighted by Gasteiger charge is 2.36. The van der Waals surface area contributed by atoms with E-state index in [9.17, 15) is 9.90 Å². The van der Waals surface area contributed by atoms with Gasteiger partial charge in [-0.05, 0) is 18.6 Å². The number of hydrogen-bond donors (Lipinski definition) is 3. The largest absolute Gasteiger partial charge is 0.389 e. The summed E-state index contributed by atoms with van der Waals surface area (Å²) in [6, 6.07) is 7.69. The van der Waals surface area contributed by atoms with Crippen LogP contribution in [0.1, 0.15) is 44.5 Å². The van der Waals surface area contributed by atoms with Crippen LogP contribution in [0.25, 0.3) is 22.2 Å². The van der Waals surface area contributed by atoms with Crippen LogP contribution in [0.4, 0.5) is 11.8 Å². The number of para-hydroxylation sites is 2. The lowest BCUT2D eigenvalue weighted by Gasteiger charge is -2.18. The number of anilines is 2. The molecule has 5 N–H and O–H groups in total. The van der Waals surface area contributed by atoms with Crippen molar-refractivity contribution in [3.63, 3.8) is 0 Å². The summed E-state index contributed by atoms with van der Waals surface area (Å²) in [6.45, 7) is 5.58. The van der Waals surface area contributed by atoms with Crippen LogP contribution in [0.3, 0.4) is 0 Å². The summed E-state index contributed by atoms with van der Waals surface area (Å²) in [4.78, 5) is 31.9. The molecule has 0 bridgehead atoms. The first-order valence-corrected chi connectivity index (χ1v) is 11.5. The van der Waals surface area contributed by atoms with E-state index in [0.29, 0.717) is 37.1 Å². The molecule has 4 heterocycles. The fourth-order valence-electron chi connectivity index (χ4n) is 4.76. The fourth-order valence-corrected chi connectivity index (χ4v) is 4.76. The average molecular weight is 464 g/mol. The molecule has 1 saturated heterocycles. The summed E-state index contributed by atoms with van der Waals surface area (Å²) >= 11 is 0. The molecule has 0 spiro atoms. The van der Waals surface area contributed by atoms with Crippen molar-refractivity contribution in [1.29, 1.82) is 0 Å². The molecule has 1 amide bonds. The van der Waals surface area contributed by atoms with Gasteiger partial charge in [0.1, 0.15) is 11.3 Å². The van der Waals surface area contributed by atoms with Gasteiger partial charge in [0.25, 0.3) is 0 Å². The van der Waals surface area contributed by atoms with Crippen LogP contribution in [0.2, 0.25) is 0 Å². The number of imidazole rings is 2. The van der Waals surface area contributed by atoms with Crippen LogP contribution < -0.4 is 11.5 Å². The third-order valence-electron chi connectivity index (χ3n) is 6.41. The molecule has 0 radical (unpaired) electrons. The summed E-state index contributed by atoms with van der Waals surface area (Å²) in [7, 11) is 0. The molecule has 1 aromatic carbocycles. The molecule has 1 aliphatic heterocycles. The number of carbonyl (C=O) groups excluding carboxylic acids is 1. The normalized spacial score (nSPS) is 18.5. The Morgan fingerprint density at radius 1 is 1.18 bits per heavy atom. The topological polar surface area (TPSA) is 154 Å². The van der Waals surface area contributed by atoms with Gasteiger partial charge in [-0.15, -0.1) is 0 Å². The van der Waals surface area contributed by atoms with E-state index in [2.05, 4.69) is 39.4 Å². The number of aliphatic hydroxyl groups is 1. The standard InChI is InChI=1S/C23H29N9O2/c1-13(2)21-27-14-6-3-4-7-15(14)31(21)9-5-8-18(34)30-10-16(17(33)11-30)32-12-26-19-20(24)28-23(25)29-22(19)32/h3-4,6-7,12-13,16-17,33H,5,8-11H2,1-2H3,(H4,24,25,28,29)/t16-,17-/m0/s1. The summed E-state index contributed by atoms with van der Waals surface area (Å²) < 4.78 is 3.94. The Labute approximate surface area is 196 Å². The van der Waals surface area contributed by atoms with Gasteiger partial charge in [-0.2, -0.15) is 9.97 Å². The first-order valence-electron chi connectivity index (χ1n) is 11.5. The van der Waals surface area contributed by atoms with Crippen molar-refractivity contribution < 1.29 is 9.90 Å². The Morgan fingerprint density at radius 3 is 2.76 bits per heavy atom. The molecular weight excluding hydrogens is 434 g/mol. The zero-order chi connectivity index (χ0) is 24.0. The Morgan fingerprint density at radius 2 is 1.97 bits per heavy atom. The van der Waals surface area contributed by atoms with Crippen LogP contribution in [-0.2, 0) is 11.3 Å². The lowest BCUT2D eigenvalue weighted by atomic mass is 10.2. The van der Waals surface area contributed by atoms with E-state index in [1.807, 2.05) is 18.2 Å². The fraction of sp³-hybridized carbons (Fsp3) is 0.435. The maximum Gasteiger partial charge on any atom is 0.224 e. The first kappa shape index (κ1) is 22.1. The predicted octanol–water partition coefficient (Wildman–Crippen LogP) is 1.69. The minimum Gasteiger partial charge on any atom is -0.389 e. The number of fused-ring (bicyclic) bond motifs is 2. The maximum absolute atomic E-state index is 13.0.